The predicted octanol–water partition coefficient (Wildman–Crippen LogP) is 2.55. The molecule has 2 fully saturated rings. The first-order valence-electron chi connectivity index (χ1n) is 8.58. The summed E-state index contributed by atoms with van der Waals surface area (Å²) in [6, 6.07) is -0.290. The summed E-state index contributed by atoms with van der Waals surface area (Å²) in [5, 5.41) is 8.72. The molecule has 26 heavy (non-hydrogen) atoms. The summed E-state index contributed by atoms with van der Waals surface area (Å²) in [7, 11) is 0. The minimum absolute atomic E-state index is 0.0202. The molecule has 1 aromatic heterocycles. The van der Waals surface area contributed by atoms with Crippen LogP contribution in [0, 0.1) is 5.92 Å². The number of carbonyl (C=O) groups excluding carboxylic acids is 1. The zero-order valence-corrected chi connectivity index (χ0v) is 15.1. The van der Waals surface area contributed by atoms with Crippen molar-refractivity contribution >= 4 is 23.4 Å². The standard InChI is InChI=1S/C16H21ClF2N4O3/c1-9-7-23(11-6-20-22-14(24)13(11)17)8-12(9)26-15(25)21-10-2-4-16(18,19)5-3-10/h6,9-10,12H,2-5,7-8H2,1H3,(H,21,25)(H,22,24)/t9-,12+/m1/s1. The normalized spacial score (nSPS) is 25.9. The van der Waals surface area contributed by atoms with Gasteiger partial charge in [0, 0.05) is 31.3 Å². The van der Waals surface area contributed by atoms with Gasteiger partial charge < -0.3 is 15.0 Å². The van der Waals surface area contributed by atoms with Gasteiger partial charge in [-0.15, -0.1) is 0 Å². The van der Waals surface area contributed by atoms with Gasteiger partial charge >= 0.3 is 6.09 Å². The Bertz CT molecular complexity index is 720. The van der Waals surface area contributed by atoms with Gasteiger partial charge in [-0.2, -0.15) is 5.10 Å². The van der Waals surface area contributed by atoms with Gasteiger partial charge in [-0.25, -0.2) is 18.7 Å². The maximum Gasteiger partial charge on any atom is 0.407 e. The number of hydrogen-bond donors (Lipinski definition) is 2. The van der Waals surface area contributed by atoms with E-state index in [1.54, 1.807) is 0 Å². The van der Waals surface area contributed by atoms with Gasteiger partial charge in [0.15, 0.2) is 0 Å². The van der Waals surface area contributed by atoms with Crippen molar-refractivity contribution in [2.45, 2.75) is 50.7 Å². The highest BCUT2D eigenvalue weighted by Gasteiger charge is 2.37. The summed E-state index contributed by atoms with van der Waals surface area (Å²) in [4.78, 5) is 25.5. The lowest BCUT2D eigenvalue weighted by atomic mass is 9.92. The smallest absolute Gasteiger partial charge is 0.407 e. The number of aromatic amines is 1. The highest BCUT2D eigenvalue weighted by Crippen LogP contribution is 2.33. The number of anilines is 1. The van der Waals surface area contributed by atoms with Crippen molar-refractivity contribution in [3.63, 3.8) is 0 Å². The number of rotatable bonds is 3. The number of alkyl halides is 2. The van der Waals surface area contributed by atoms with E-state index in [1.807, 2.05) is 11.8 Å². The second kappa shape index (κ2) is 7.38. The molecule has 2 atom stereocenters. The fourth-order valence-corrected chi connectivity index (χ4v) is 3.61. The Labute approximate surface area is 154 Å². The van der Waals surface area contributed by atoms with Crippen molar-refractivity contribution in [2.75, 3.05) is 18.0 Å². The lowest BCUT2D eigenvalue weighted by molar-refractivity contribution is -0.0407. The molecule has 7 nitrogen and oxygen atoms in total. The molecule has 0 radical (unpaired) electrons. The molecule has 0 bridgehead atoms. The summed E-state index contributed by atoms with van der Waals surface area (Å²) in [6.45, 7) is 2.86. The second-order valence-electron chi connectivity index (χ2n) is 7.00. The molecule has 1 saturated carbocycles. The molecule has 144 valence electrons. The molecule has 1 amide bonds. The molecule has 2 aliphatic rings. The first-order valence-corrected chi connectivity index (χ1v) is 8.96. The minimum Gasteiger partial charge on any atom is -0.444 e. The van der Waals surface area contributed by atoms with E-state index in [2.05, 4.69) is 15.5 Å². The molecule has 10 heteroatoms. The number of ether oxygens (including phenoxy) is 1. The molecule has 0 aromatic carbocycles. The van der Waals surface area contributed by atoms with Crippen LogP contribution in [0.15, 0.2) is 11.0 Å². The molecule has 1 aliphatic heterocycles. The molecule has 1 aliphatic carbocycles. The fraction of sp³-hybridized carbons (Fsp3) is 0.688. The number of carbonyl (C=O) groups is 1. The lowest BCUT2D eigenvalue weighted by Crippen LogP contribution is -2.42. The van der Waals surface area contributed by atoms with E-state index in [-0.39, 0.29) is 42.7 Å². The third-order valence-electron chi connectivity index (χ3n) is 4.96. The predicted molar refractivity (Wildman–Crippen MR) is 91.9 cm³/mol. The van der Waals surface area contributed by atoms with E-state index in [0.29, 0.717) is 18.8 Å². The topological polar surface area (TPSA) is 87.3 Å². The van der Waals surface area contributed by atoms with Crippen LogP contribution in [0.3, 0.4) is 0 Å². The first-order chi connectivity index (χ1) is 12.2. The highest BCUT2D eigenvalue weighted by molar-refractivity contribution is 6.33. The quantitative estimate of drug-likeness (QED) is 0.828. The lowest BCUT2D eigenvalue weighted by Gasteiger charge is -2.29. The number of H-pyrrole nitrogens is 1. The monoisotopic (exact) mass is 390 g/mol. The van der Waals surface area contributed by atoms with E-state index >= 15 is 0 Å². The molecular weight excluding hydrogens is 370 g/mol. The van der Waals surface area contributed by atoms with Gasteiger partial charge in [0.1, 0.15) is 11.1 Å². The SMILES string of the molecule is C[C@@H]1CN(c2cn[nH]c(=O)c2Cl)C[C@@H]1OC(=O)NC1CCC(F)(F)CC1. The van der Waals surface area contributed by atoms with Gasteiger partial charge in [-0.3, -0.25) is 4.79 Å². The van der Waals surface area contributed by atoms with Crippen molar-refractivity contribution in [3.8, 4) is 0 Å². The molecule has 0 unspecified atom stereocenters. The zero-order valence-electron chi connectivity index (χ0n) is 14.3. The van der Waals surface area contributed by atoms with E-state index in [1.165, 1.54) is 6.20 Å². The Hall–Kier alpha value is -1.90. The van der Waals surface area contributed by atoms with Gasteiger partial charge in [-0.1, -0.05) is 18.5 Å². The van der Waals surface area contributed by atoms with E-state index in [9.17, 15) is 18.4 Å². The van der Waals surface area contributed by atoms with Gasteiger partial charge in [0.2, 0.25) is 5.92 Å². The van der Waals surface area contributed by atoms with E-state index in [4.69, 9.17) is 16.3 Å². The van der Waals surface area contributed by atoms with Crippen LogP contribution in [0.1, 0.15) is 32.6 Å². The molecule has 1 saturated heterocycles. The van der Waals surface area contributed by atoms with Crippen LogP contribution in [0.2, 0.25) is 5.02 Å². The average molecular weight is 391 g/mol. The Morgan fingerprint density at radius 3 is 2.81 bits per heavy atom. The van der Waals surface area contributed by atoms with Gasteiger partial charge in [0.05, 0.1) is 18.4 Å². The second-order valence-corrected chi connectivity index (χ2v) is 7.38. The van der Waals surface area contributed by atoms with Crippen LogP contribution in [0.25, 0.3) is 0 Å². The van der Waals surface area contributed by atoms with Gasteiger partial charge in [-0.05, 0) is 12.8 Å². The third-order valence-corrected chi connectivity index (χ3v) is 5.32. The zero-order chi connectivity index (χ0) is 18.9. The van der Waals surface area contributed by atoms with Crippen LogP contribution >= 0.6 is 11.6 Å². The Balaban J connectivity index is 1.55. The third kappa shape index (κ3) is 4.25. The average Bonchev–Trinajstić information content (AvgIpc) is 2.92. The van der Waals surface area contributed by atoms with Crippen LogP contribution in [0.5, 0.6) is 0 Å². The Kier molecular flexibility index (Phi) is 5.36. The summed E-state index contributed by atoms with van der Waals surface area (Å²) >= 11 is 6.02. The summed E-state index contributed by atoms with van der Waals surface area (Å²) in [6.07, 6.45) is 0.496. The number of hydrogen-bond acceptors (Lipinski definition) is 5. The maximum absolute atomic E-state index is 13.2. The molecule has 2 N–H and O–H groups in total. The molecule has 0 spiro atoms. The number of alkyl carbamates (subject to hydrolysis) is 1. The minimum atomic E-state index is -2.64. The number of aromatic nitrogens is 2. The summed E-state index contributed by atoms with van der Waals surface area (Å²) in [5.74, 6) is -2.62. The van der Waals surface area contributed by atoms with Crippen molar-refractivity contribution in [2.24, 2.45) is 5.92 Å². The van der Waals surface area contributed by atoms with Crippen LogP contribution in [-0.2, 0) is 4.74 Å². The first kappa shape index (κ1) is 18.9. The van der Waals surface area contributed by atoms with Crippen LogP contribution in [0.4, 0.5) is 19.3 Å². The van der Waals surface area contributed by atoms with Crippen LogP contribution < -0.4 is 15.8 Å². The Morgan fingerprint density at radius 2 is 2.12 bits per heavy atom. The highest BCUT2D eigenvalue weighted by atomic mass is 35.5. The number of amides is 1. The molecule has 2 heterocycles. The molecule has 3 rings (SSSR count). The largest absolute Gasteiger partial charge is 0.444 e. The summed E-state index contributed by atoms with van der Waals surface area (Å²) < 4.78 is 31.8. The number of nitrogens with one attached hydrogen (secondary N) is 2. The van der Waals surface area contributed by atoms with E-state index < -0.39 is 23.7 Å². The van der Waals surface area contributed by atoms with Crippen LogP contribution in [-0.4, -0.2) is 47.4 Å². The molecular formula is C16H21ClF2N4O3. The van der Waals surface area contributed by atoms with Crippen molar-refractivity contribution in [1.82, 2.24) is 15.5 Å². The molecule has 1 aromatic rings. The van der Waals surface area contributed by atoms with E-state index in [0.717, 1.165) is 0 Å². The Morgan fingerprint density at radius 1 is 1.42 bits per heavy atom. The maximum atomic E-state index is 13.2. The number of halogens is 3. The summed E-state index contributed by atoms with van der Waals surface area (Å²) in [5.41, 5.74) is 0.0105. The van der Waals surface area contributed by atoms with Crippen molar-refractivity contribution in [3.05, 3.63) is 21.6 Å². The van der Waals surface area contributed by atoms with Crippen molar-refractivity contribution < 1.29 is 18.3 Å². The van der Waals surface area contributed by atoms with Gasteiger partial charge in [0.25, 0.3) is 5.56 Å². The number of nitrogens with zero attached hydrogens (tertiary/aromatic N) is 2. The fourth-order valence-electron chi connectivity index (χ4n) is 3.40. The van der Waals surface area contributed by atoms with Crippen molar-refractivity contribution in [1.29, 1.82) is 0 Å².